The first-order valence-corrected chi connectivity index (χ1v) is 6.40. The second-order valence-electron chi connectivity index (χ2n) is 6.17. The van der Waals surface area contributed by atoms with Crippen LogP contribution in [-0.2, 0) is 4.74 Å². The molecule has 0 aromatic heterocycles. The Balaban J connectivity index is 2.32. The van der Waals surface area contributed by atoms with Crippen LogP contribution in [0.5, 0.6) is 0 Å². The van der Waals surface area contributed by atoms with Gasteiger partial charge in [0.25, 0.3) is 0 Å². The van der Waals surface area contributed by atoms with Crippen molar-refractivity contribution in [2.45, 2.75) is 58.7 Å². The molecule has 3 atom stereocenters. The highest BCUT2D eigenvalue weighted by Gasteiger charge is 2.28. The number of nitrogens with zero attached hydrogens (tertiary/aromatic N) is 1. The SMILES string of the molecule is CC1OCCC1N(C)CCC(N)C(C)(C)C. The van der Waals surface area contributed by atoms with Crippen molar-refractivity contribution in [2.75, 3.05) is 20.2 Å². The van der Waals surface area contributed by atoms with Crippen molar-refractivity contribution in [3.8, 4) is 0 Å². The van der Waals surface area contributed by atoms with Crippen LogP contribution in [0.1, 0.15) is 40.5 Å². The number of hydrogen-bond acceptors (Lipinski definition) is 3. The van der Waals surface area contributed by atoms with Gasteiger partial charge in [-0.3, -0.25) is 0 Å². The quantitative estimate of drug-likeness (QED) is 0.798. The molecule has 3 nitrogen and oxygen atoms in total. The van der Waals surface area contributed by atoms with E-state index in [0.29, 0.717) is 12.1 Å². The van der Waals surface area contributed by atoms with Crippen LogP contribution < -0.4 is 5.73 Å². The van der Waals surface area contributed by atoms with Crippen molar-refractivity contribution in [1.82, 2.24) is 4.90 Å². The molecule has 3 unspecified atom stereocenters. The molecule has 0 amide bonds. The zero-order chi connectivity index (χ0) is 12.3. The Morgan fingerprint density at radius 1 is 1.44 bits per heavy atom. The number of likely N-dealkylation sites (N-methyl/N-ethyl adjacent to an activating group) is 1. The topological polar surface area (TPSA) is 38.5 Å². The molecule has 0 aromatic rings. The predicted octanol–water partition coefficient (Wildman–Crippen LogP) is 1.86. The van der Waals surface area contributed by atoms with Gasteiger partial charge < -0.3 is 15.4 Å². The van der Waals surface area contributed by atoms with E-state index in [1.807, 2.05) is 0 Å². The molecule has 0 spiro atoms. The smallest absolute Gasteiger partial charge is 0.0702 e. The minimum absolute atomic E-state index is 0.207. The van der Waals surface area contributed by atoms with Gasteiger partial charge in [-0.25, -0.2) is 0 Å². The van der Waals surface area contributed by atoms with Gasteiger partial charge in [0.2, 0.25) is 0 Å². The van der Waals surface area contributed by atoms with Gasteiger partial charge in [-0.1, -0.05) is 20.8 Å². The van der Waals surface area contributed by atoms with E-state index in [1.54, 1.807) is 0 Å². The normalized spacial score (nSPS) is 28.7. The third kappa shape index (κ3) is 3.72. The Morgan fingerprint density at radius 2 is 2.06 bits per heavy atom. The van der Waals surface area contributed by atoms with Crippen LogP contribution in [0.25, 0.3) is 0 Å². The van der Waals surface area contributed by atoms with Crippen LogP contribution in [0.4, 0.5) is 0 Å². The summed E-state index contributed by atoms with van der Waals surface area (Å²) < 4.78 is 5.59. The molecule has 0 aromatic carbocycles. The minimum atomic E-state index is 0.207. The maximum atomic E-state index is 6.17. The molecule has 2 N–H and O–H groups in total. The molecule has 96 valence electrons. The van der Waals surface area contributed by atoms with E-state index in [1.165, 1.54) is 0 Å². The van der Waals surface area contributed by atoms with E-state index < -0.39 is 0 Å². The summed E-state index contributed by atoms with van der Waals surface area (Å²) in [6.45, 7) is 10.8. The average Bonchev–Trinajstić information content (AvgIpc) is 2.58. The Kier molecular flexibility index (Phi) is 4.77. The zero-order valence-electron chi connectivity index (χ0n) is 11.5. The van der Waals surface area contributed by atoms with Crippen LogP contribution in [0.3, 0.4) is 0 Å². The van der Waals surface area contributed by atoms with Crippen LogP contribution in [0, 0.1) is 5.41 Å². The fraction of sp³-hybridized carbons (Fsp3) is 1.00. The Morgan fingerprint density at radius 3 is 2.50 bits per heavy atom. The van der Waals surface area contributed by atoms with Crippen LogP contribution in [-0.4, -0.2) is 43.3 Å². The van der Waals surface area contributed by atoms with Crippen molar-refractivity contribution < 1.29 is 4.74 Å². The van der Waals surface area contributed by atoms with Crippen molar-refractivity contribution in [2.24, 2.45) is 11.1 Å². The fourth-order valence-corrected chi connectivity index (χ4v) is 2.24. The lowest BCUT2D eigenvalue weighted by molar-refractivity contribution is 0.0813. The Bertz CT molecular complexity index is 212. The molecule has 1 aliphatic rings. The third-order valence-corrected chi connectivity index (χ3v) is 3.81. The van der Waals surface area contributed by atoms with Crippen molar-refractivity contribution in [1.29, 1.82) is 0 Å². The lowest BCUT2D eigenvalue weighted by atomic mass is 9.85. The van der Waals surface area contributed by atoms with E-state index in [0.717, 1.165) is 26.0 Å². The predicted molar refractivity (Wildman–Crippen MR) is 68.5 cm³/mol. The number of rotatable bonds is 4. The van der Waals surface area contributed by atoms with Gasteiger partial charge in [0.05, 0.1) is 6.10 Å². The minimum Gasteiger partial charge on any atom is -0.377 e. The molecule has 0 bridgehead atoms. The molecule has 16 heavy (non-hydrogen) atoms. The molecule has 1 rings (SSSR count). The summed E-state index contributed by atoms with van der Waals surface area (Å²) in [6.07, 6.45) is 2.59. The molecule has 0 saturated carbocycles. The summed E-state index contributed by atoms with van der Waals surface area (Å²) in [5, 5.41) is 0. The van der Waals surface area contributed by atoms with Gasteiger partial charge in [-0.15, -0.1) is 0 Å². The molecule has 1 heterocycles. The van der Waals surface area contributed by atoms with E-state index >= 15 is 0 Å². The van der Waals surface area contributed by atoms with Gasteiger partial charge in [0, 0.05) is 18.7 Å². The number of ether oxygens (including phenoxy) is 1. The molecule has 1 saturated heterocycles. The zero-order valence-corrected chi connectivity index (χ0v) is 11.5. The van der Waals surface area contributed by atoms with Gasteiger partial charge in [0.1, 0.15) is 0 Å². The molecule has 1 fully saturated rings. The lowest BCUT2D eigenvalue weighted by Gasteiger charge is -2.31. The summed E-state index contributed by atoms with van der Waals surface area (Å²) in [7, 11) is 2.19. The maximum Gasteiger partial charge on any atom is 0.0702 e. The van der Waals surface area contributed by atoms with E-state index in [-0.39, 0.29) is 11.5 Å². The van der Waals surface area contributed by atoms with Crippen molar-refractivity contribution in [3.63, 3.8) is 0 Å². The van der Waals surface area contributed by atoms with Crippen LogP contribution in [0.15, 0.2) is 0 Å². The van der Waals surface area contributed by atoms with Crippen molar-refractivity contribution >= 4 is 0 Å². The standard InChI is InChI=1S/C13H28N2O/c1-10-11(7-9-16-10)15(5)8-6-12(14)13(2,3)4/h10-12H,6-9,14H2,1-5H3. The lowest BCUT2D eigenvalue weighted by Crippen LogP contribution is -2.42. The Labute approximate surface area is 100 Å². The number of nitrogens with two attached hydrogens (primary N) is 1. The molecule has 1 aliphatic heterocycles. The molecular formula is C13H28N2O. The van der Waals surface area contributed by atoms with Gasteiger partial charge >= 0.3 is 0 Å². The van der Waals surface area contributed by atoms with Gasteiger partial charge in [0.15, 0.2) is 0 Å². The van der Waals surface area contributed by atoms with E-state index in [2.05, 4.69) is 39.6 Å². The maximum absolute atomic E-state index is 6.17. The summed E-state index contributed by atoms with van der Waals surface area (Å²) >= 11 is 0. The monoisotopic (exact) mass is 228 g/mol. The highest BCUT2D eigenvalue weighted by Crippen LogP contribution is 2.22. The molecule has 0 radical (unpaired) electrons. The van der Waals surface area contributed by atoms with Crippen molar-refractivity contribution in [3.05, 3.63) is 0 Å². The Hall–Kier alpha value is -0.120. The van der Waals surface area contributed by atoms with Gasteiger partial charge in [-0.05, 0) is 38.8 Å². The van der Waals surface area contributed by atoms with E-state index in [4.69, 9.17) is 10.5 Å². The summed E-state index contributed by atoms with van der Waals surface area (Å²) in [5.74, 6) is 0. The van der Waals surface area contributed by atoms with E-state index in [9.17, 15) is 0 Å². The summed E-state index contributed by atoms with van der Waals surface area (Å²) in [4.78, 5) is 2.41. The molecule has 3 heteroatoms. The second kappa shape index (κ2) is 5.48. The molecular weight excluding hydrogens is 200 g/mol. The highest BCUT2D eigenvalue weighted by atomic mass is 16.5. The fourth-order valence-electron chi connectivity index (χ4n) is 2.24. The summed E-state index contributed by atoms with van der Waals surface area (Å²) in [5.41, 5.74) is 6.38. The first-order chi connectivity index (χ1) is 7.32. The first-order valence-electron chi connectivity index (χ1n) is 6.40. The number of hydrogen-bond donors (Lipinski definition) is 1. The molecule has 0 aliphatic carbocycles. The largest absolute Gasteiger partial charge is 0.377 e. The third-order valence-electron chi connectivity index (χ3n) is 3.81. The summed E-state index contributed by atoms with van der Waals surface area (Å²) in [6, 6.07) is 0.847. The van der Waals surface area contributed by atoms with Crippen LogP contribution in [0.2, 0.25) is 0 Å². The van der Waals surface area contributed by atoms with Gasteiger partial charge in [-0.2, -0.15) is 0 Å². The first kappa shape index (κ1) is 13.9. The second-order valence-corrected chi connectivity index (χ2v) is 6.17. The average molecular weight is 228 g/mol. The highest BCUT2D eigenvalue weighted by molar-refractivity contribution is 4.83. The van der Waals surface area contributed by atoms with Crippen LogP contribution >= 0.6 is 0 Å².